The molecule has 3 aromatic carbocycles. The lowest BCUT2D eigenvalue weighted by Crippen LogP contribution is -2.48. The Morgan fingerprint density at radius 2 is 1.76 bits per heavy atom. The molecule has 0 radical (unpaired) electrons. The average Bonchev–Trinajstić information content (AvgIpc) is 2.86. The van der Waals surface area contributed by atoms with Gasteiger partial charge in [0.25, 0.3) is 5.91 Å². The Kier molecular flexibility index (Phi) is 8.04. The number of anilines is 2. The molecule has 0 atom stereocenters. The molecule has 0 unspecified atom stereocenters. The predicted molar refractivity (Wildman–Crippen MR) is 151 cm³/mol. The first kappa shape index (κ1) is 26.9. The van der Waals surface area contributed by atoms with E-state index in [4.69, 9.17) is 23.2 Å². The van der Waals surface area contributed by atoms with Crippen molar-refractivity contribution < 1.29 is 13.2 Å². The van der Waals surface area contributed by atoms with Gasteiger partial charge in [0.15, 0.2) is 0 Å². The van der Waals surface area contributed by atoms with Gasteiger partial charge in [-0.25, -0.2) is 0 Å². The number of hydrogen-bond acceptors (Lipinski definition) is 4. The van der Waals surface area contributed by atoms with Gasteiger partial charge >= 0.3 is 10.2 Å². The van der Waals surface area contributed by atoms with E-state index in [1.807, 2.05) is 31.2 Å². The molecule has 37 heavy (non-hydrogen) atoms. The number of carbonyl (C=O) groups is 1. The van der Waals surface area contributed by atoms with Crippen LogP contribution in [0.3, 0.4) is 0 Å². The van der Waals surface area contributed by atoms with Crippen LogP contribution in [0.1, 0.15) is 33.5 Å². The predicted octanol–water partition coefficient (Wildman–Crippen LogP) is 5.92. The molecule has 1 heterocycles. The average molecular weight is 558 g/mol. The molecule has 1 aliphatic heterocycles. The zero-order valence-corrected chi connectivity index (χ0v) is 22.7. The highest BCUT2D eigenvalue weighted by molar-refractivity contribution is 7.90. The zero-order chi connectivity index (χ0) is 26.7. The van der Waals surface area contributed by atoms with Crippen LogP contribution in [0.4, 0.5) is 11.4 Å². The second-order valence-corrected chi connectivity index (χ2v) is 11.3. The summed E-state index contributed by atoms with van der Waals surface area (Å²) in [5, 5.41) is 3.46. The van der Waals surface area contributed by atoms with E-state index in [1.165, 1.54) is 34.0 Å². The van der Waals surface area contributed by atoms with Crippen molar-refractivity contribution in [3.05, 3.63) is 106 Å². The van der Waals surface area contributed by atoms with E-state index in [0.717, 1.165) is 11.1 Å². The van der Waals surface area contributed by atoms with Crippen LogP contribution in [-0.2, 0) is 10.2 Å². The summed E-state index contributed by atoms with van der Waals surface area (Å²) < 4.78 is 27.9. The maximum absolute atomic E-state index is 13.1. The Bertz CT molecular complexity index is 1510. The van der Waals surface area contributed by atoms with Crippen molar-refractivity contribution in [1.82, 2.24) is 4.31 Å². The first-order valence-corrected chi connectivity index (χ1v) is 13.7. The van der Waals surface area contributed by atoms with E-state index < -0.39 is 16.1 Å². The zero-order valence-electron chi connectivity index (χ0n) is 20.4. The third kappa shape index (κ3) is 5.57. The fraction of sp³-hybridized carbons (Fsp3) is 0.185. The number of hydrogen-bond donors (Lipinski definition) is 1. The molecule has 1 N–H and O–H groups in total. The van der Waals surface area contributed by atoms with Gasteiger partial charge in [-0.15, -0.1) is 0 Å². The molecule has 192 valence electrons. The molecular weight excluding hydrogens is 531 g/mol. The molecule has 3 aromatic rings. The van der Waals surface area contributed by atoms with Crippen LogP contribution < -0.4 is 9.62 Å². The van der Waals surface area contributed by atoms with Gasteiger partial charge in [-0.2, -0.15) is 12.7 Å². The fourth-order valence-electron chi connectivity index (χ4n) is 4.14. The minimum absolute atomic E-state index is 0.140. The highest BCUT2D eigenvalue weighted by Gasteiger charge is 2.31. The number of aliphatic imine (C=N–C) groups is 1. The Labute approximate surface area is 227 Å². The number of carbonyl (C=O) groups excluding carboxylic acids is 1. The first-order valence-electron chi connectivity index (χ1n) is 11.5. The van der Waals surface area contributed by atoms with Crippen molar-refractivity contribution in [3.63, 3.8) is 0 Å². The number of halogens is 2. The second kappa shape index (κ2) is 11.1. The maximum Gasteiger partial charge on any atom is 0.303 e. The number of rotatable bonds is 6. The Morgan fingerprint density at radius 3 is 2.46 bits per heavy atom. The summed E-state index contributed by atoms with van der Waals surface area (Å²) in [6, 6.07) is 17.5. The summed E-state index contributed by atoms with van der Waals surface area (Å²) in [4.78, 5) is 17.6. The second-order valence-electron chi connectivity index (χ2n) is 8.54. The quantitative estimate of drug-likeness (QED) is 0.382. The number of nitrogens with one attached hydrogen (secondary N) is 1. The van der Waals surface area contributed by atoms with E-state index in [2.05, 4.69) is 16.9 Å². The van der Waals surface area contributed by atoms with E-state index in [-0.39, 0.29) is 10.6 Å². The van der Waals surface area contributed by atoms with Crippen molar-refractivity contribution in [2.24, 2.45) is 4.99 Å². The largest absolute Gasteiger partial charge is 0.322 e. The van der Waals surface area contributed by atoms with Gasteiger partial charge in [0, 0.05) is 43.2 Å². The molecule has 7 nitrogen and oxygen atoms in total. The number of aryl methyl sites for hydroxylation is 1. The van der Waals surface area contributed by atoms with Crippen LogP contribution in [0.2, 0.25) is 10.0 Å². The summed E-state index contributed by atoms with van der Waals surface area (Å²) in [6.45, 7) is 6.51. The highest BCUT2D eigenvalue weighted by atomic mass is 35.5. The highest BCUT2D eigenvalue weighted by Crippen LogP contribution is 2.30. The Hall–Kier alpha value is -3.17. The van der Waals surface area contributed by atoms with Crippen molar-refractivity contribution >= 4 is 56.4 Å². The van der Waals surface area contributed by atoms with Crippen molar-refractivity contribution in [3.8, 4) is 0 Å². The van der Waals surface area contributed by atoms with E-state index in [0.29, 0.717) is 47.2 Å². The van der Waals surface area contributed by atoms with Gasteiger partial charge in [0.05, 0.1) is 27.0 Å². The Balaban J connectivity index is 1.62. The van der Waals surface area contributed by atoms with Crippen LogP contribution in [0.5, 0.6) is 0 Å². The van der Waals surface area contributed by atoms with Crippen molar-refractivity contribution in [2.45, 2.75) is 13.3 Å². The van der Waals surface area contributed by atoms with Crippen LogP contribution >= 0.6 is 23.2 Å². The molecule has 10 heteroatoms. The third-order valence-electron chi connectivity index (χ3n) is 6.09. The molecule has 0 bridgehead atoms. The van der Waals surface area contributed by atoms with Gasteiger partial charge in [-0.1, -0.05) is 54.0 Å². The molecule has 1 amide bonds. The minimum Gasteiger partial charge on any atom is -0.322 e. The molecule has 0 aromatic heterocycles. The van der Waals surface area contributed by atoms with E-state index >= 15 is 0 Å². The topological polar surface area (TPSA) is 82.1 Å². The standard InChI is InChI=1S/C27H26Cl2N4O3S/c1-4-30-26(21-9-6-5-8-18(21)2)23-16-19(10-13-24(23)28)31-27(34)22-12-11-20(17-25(22)29)33-15-7-14-32(3)37(33,35)36/h4-6,8-13,16-17H,1,7,14-15H2,2-3H3,(H,31,34)/b30-26+. The molecular formula is C27H26Cl2N4O3S. The number of benzene rings is 3. The molecule has 0 saturated carbocycles. The van der Waals surface area contributed by atoms with Crippen LogP contribution in [0.25, 0.3) is 0 Å². The summed E-state index contributed by atoms with van der Waals surface area (Å²) in [5.41, 5.74) is 4.29. The van der Waals surface area contributed by atoms with Gasteiger partial charge in [-0.05, 0) is 55.3 Å². The summed E-state index contributed by atoms with van der Waals surface area (Å²) >= 11 is 13.0. The van der Waals surface area contributed by atoms with Gasteiger partial charge in [0.2, 0.25) is 0 Å². The van der Waals surface area contributed by atoms with Crippen LogP contribution in [-0.4, -0.2) is 44.5 Å². The molecule has 1 saturated heterocycles. The molecule has 1 aliphatic rings. The SMILES string of the molecule is C=C/N=C(\c1ccccc1C)c1cc(NC(=O)c2ccc(N3CCCN(C)S3(=O)=O)cc2Cl)ccc1Cl. The lowest BCUT2D eigenvalue weighted by molar-refractivity contribution is 0.102. The molecule has 1 fully saturated rings. The van der Waals surface area contributed by atoms with Gasteiger partial charge in [0.1, 0.15) is 0 Å². The third-order valence-corrected chi connectivity index (χ3v) is 8.65. The van der Waals surface area contributed by atoms with Gasteiger partial charge < -0.3 is 5.32 Å². The minimum atomic E-state index is -3.62. The lowest BCUT2D eigenvalue weighted by Gasteiger charge is -2.34. The first-order chi connectivity index (χ1) is 17.6. The van der Waals surface area contributed by atoms with E-state index in [9.17, 15) is 13.2 Å². The van der Waals surface area contributed by atoms with Crippen molar-refractivity contribution in [2.75, 3.05) is 29.8 Å². The normalized spacial score (nSPS) is 15.9. The summed E-state index contributed by atoms with van der Waals surface area (Å²) in [7, 11) is -2.09. The lowest BCUT2D eigenvalue weighted by atomic mass is 9.97. The van der Waals surface area contributed by atoms with E-state index in [1.54, 1.807) is 24.3 Å². The smallest absolute Gasteiger partial charge is 0.303 e. The fourth-order valence-corrected chi connectivity index (χ4v) is 6.04. The molecule has 0 spiro atoms. The number of amides is 1. The summed E-state index contributed by atoms with van der Waals surface area (Å²) in [5.74, 6) is -0.443. The Morgan fingerprint density at radius 1 is 1.00 bits per heavy atom. The van der Waals surface area contributed by atoms with Crippen molar-refractivity contribution in [1.29, 1.82) is 0 Å². The maximum atomic E-state index is 13.1. The van der Waals surface area contributed by atoms with Gasteiger partial charge in [-0.3, -0.25) is 14.1 Å². The van der Waals surface area contributed by atoms with Crippen LogP contribution in [0.15, 0.2) is 78.4 Å². The number of nitrogens with zero attached hydrogens (tertiary/aromatic N) is 3. The monoisotopic (exact) mass is 556 g/mol. The molecule has 4 rings (SSSR count). The van der Waals surface area contributed by atoms with Crippen LogP contribution in [0, 0.1) is 6.92 Å². The summed E-state index contributed by atoms with van der Waals surface area (Å²) in [6.07, 6.45) is 2.14. The molecule has 0 aliphatic carbocycles.